The lowest BCUT2D eigenvalue weighted by atomic mass is 10.2. The average Bonchev–Trinajstić information content (AvgIpc) is 2.60. The second-order valence-electron chi connectivity index (χ2n) is 5.61. The van der Waals surface area contributed by atoms with Gasteiger partial charge in [-0.1, -0.05) is 24.3 Å². The molecular formula is C16H18O9S3. The Balaban J connectivity index is 2.65. The molecule has 28 heavy (non-hydrogen) atoms. The van der Waals surface area contributed by atoms with Crippen molar-refractivity contribution in [2.45, 2.75) is 18.7 Å². The second-order valence-corrected chi connectivity index (χ2v) is 10.6. The number of rotatable bonds is 8. The summed E-state index contributed by atoms with van der Waals surface area (Å²) in [4.78, 5) is -0.189. The molecule has 0 unspecified atom stereocenters. The minimum Gasteiger partial charge on any atom is -0.378 e. The van der Waals surface area contributed by atoms with Gasteiger partial charge in [0.1, 0.15) is 4.90 Å². The van der Waals surface area contributed by atoms with Gasteiger partial charge in [-0.3, -0.25) is 0 Å². The first-order valence-corrected chi connectivity index (χ1v) is 12.6. The fraction of sp³-hybridized carbons (Fsp3) is 0.250. The summed E-state index contributed by atoms with van der Waals surface area (Å²) >= 11 is 0. The molecule has 9 nitrogen and oxygen atoms in total. The van der Waals surface area contributed by atoms with E-state index in [2.05, 4.69) is 0 Å². The SMILES string of the molecule is CCS(=O)(=O)Oc1c(OS(=O)(=O)c2ccccc2)ccc(C)c1OS(C)(=O)=O. The van der Waals surface area contributed by atoms with Gasteiger partial charge in [-0.2, -0.15) is 25.3 Å². The molecule has 0 aliphatic heterocycles. The largest absolute Gasteiger partial charge is 0.378 e. The van der Waals surface area contributed by atoms with Gasteiger partial charge in [0, 0.05) is 0 Å². The van der Waals surface area contributed by atoms with Crippen LogP contribution in [0.4, 0.5) is 0 Å². The quantitative estimate of drug-likeness (QED) is 0.553. The molecule has 0 saturated carbocycles. The Morgan fingerprint density at radius 3 is 1.93 bits per heavy atom. The van der Waals surface area contributed by atoms with Crippen LogP contribution in [-0.2, 0) is 30.4 Å². The Labute approximate surface area is 164 Å². The van der Waals surface area contributed by atoms with E-state index in [0.717, 1.165) is 12.3 Å². The van der Waals surface area contributed by atoms with Crippen LogP contribution < -0.4 is 12.5 Å². The second kappa shape index (κ2) is 7.97. The molecule has 2 rings (SSSR count). The van der Waals surface area contributed by atoms with E-state index in [1.807, 2.05) is 0 Å². The normalized spacial score (nSPS) is 12.4. The van der Waals surface area contributed by atoms with Gasteiger partial charge < -0.3 is 12.5 Å². The maximum Gasteiger partial charge on any atom is 0.339 e. The molecule has 0 fully saturated rings. The van der Waals surface area contributed by atoms with Crippen molar-refractivity contribution < 1.29 is 37.8 Å². The zero-order chi connectivity index (χ0) is 21.2. The lowest BCUT2D eigenvalue weighted by molar-refractivity contribution is 0.429. The molecule has 0 N–H and O–H groups in total. The van der Waals surface area contributed by atoms with Gasteiger partial charge in [-0.15, -0.1) is 0 Å². The summed E-state index contributed by atoms with van der Waals surface area (Å²) in [6.07, 6.45) is 0.749. The maximum atomic E-state index is 12.5. The molecule has 0 bridgehead atoms. The zero-order valence-corrected chi connectivity index (χ0v) is 17.6. The summed E-state index contributed by atoms with van der Waals surface area (Å²) in [5.41, 5.74) is 0.191. The van der Waals surface area contributed by atoms with Gasteiger partial charge in [0.15, 0.2) is 11.5 Å². The summed E-state index contributed by atoms with van der Waals surface area (Å²) in [5, 5.41) is 0. The molecule has 0 saturated heterocycles. The van der Waals surface area contributed by atoms with Crippen molar-refractivity contribution in [3.05, 3.63) is 48.0 Å². The molecule has 154 valence electrons. The molecule has 0 aliphatic rings. The fourth-order valence-electron chi connectivity index (χ4n) is 1.98. The van der Waals surface area contributed by atoms with Crippen molar-refractivity contribution >= 4 is 30.4 Å². The fourth-order valence-corrected chi connectivity index (χ4v) is 3.98. The van der Waals surface area contributed by atoms with Crippen LogP contribution in [-0.4, -0.2) is 37.3 Å². The van der Waals surface area contributed by atoms with E-state index in [1.54, 1.807) is 6.07 Å². The highest BCUT2D eigenvalue weighted by atomic mass is 32.2. The third-order valence-electron chi connectivity index (χ3n) is 3.30. The van der Waals surface area contributed by atoms with Crippen molar-refractivity contribution in [2.75, 3.05) is 12.0 Å². The van der Waals surface area contributed by atoms with E-state index in [4.69, 9.17) is 12.5 Å². The van der Waals surface area contributed by atoms with Crippen molar-refractivity contribution in [1.82, 2.24) is 0 Å². The number of hydrogen-bond acceptors (Lipinski definition) is 9. The van der Waals surface area contributed by atoms with Crippen LogP contribution in [0, 0.1) is 6.92 Å². The van der Waals surface area contributed by atoms with E-state index < -0.39 is 53.4 Å². The molecule has 0 spiro atoms. The predicted octanol–water partition coefficient (Wildman–Crippen LogP) is 1.83. The summed E-state index contributed by atoms with van der Waals surface area (Å²) < 4.78 is 86.8. The van der Waals surface area contributed by atoms with Gasteiger partial charge in [-0.05, 0) is 37.6 Å². The van der Waals surface area contributed by atoms with Gasteiger partial charge in [0.25, 0.3) is 0 Å². The van der Waals surface area contributed by atoms with Gasteiger partial charge in [-0.25, -0.2) is 0 Å². The first-order chi connectivity index (χ1) is 12.8. The topological polar surface area (TPSA) is 130 Å². The maximum absolute atomic E-state index is 12.5. The van der Waals surface area contributed by atoms with Gasteiger partial charge in [0.2, 0.25) is 5.75 Å². The number of hydrogen-bond donors (Lipinski definition) is 0. The number of benzene rings is 2. The van der Waals surface area contributed by atoms with E-state index in [9.17, 15) is 25.3 Å². The minimum atomic E-state index is -4.35. The Morgan fingerprint density at radius 1 is 0.786 bits per heavy atom. The summed E-state index contributed by atoms with van der Waals surface area (Å²) in [6.45, 7) is 2.73. The molecule has 2 aromatic carbocycles. The molecular weight excluding hydrogens is 432 g/mol. The molecule has 0 heterocycles. The van der Waals surface area contributed by atoms with E-state index in [0.29, 0.717) is 0 Å². The molecule has 2 aromatic rings. The first kappa shape index (κ1) is 22.0. The number of aryl methyl sites for hydroxylation is 1. The summed E-state index contributed by atoms with van der Waals surface area (Å²) in [7, 11) is -12.6. The smallest absolute Gasteiger partial charge is 0.339 e. The van der Waals surface area contributed by atoms with Crippen LogP contribution in [0.15, 0.2) is 47.4 Å². The van der Waals surface area contributed by atoms with Crippen LogP contribution >= 0.6 is 0 Å². The summed E-state index contributed by atoms with van der Waals surface area (Å²) in [5.74, 6) is -2.15. The third-order valence-corrected chi connectivity index (χ3v) is 6.15. The lowest BCUT2D eigenvalue weighted by Crippen LogP contribution is -2.17. The highest BCUT2D eigenvalue weighted by Gasteiger charge is 2.27. The lowest BCUT2D eigenvalue weighted by Gasteiger charge is -2.17. The average molecular weight is 451 g/mol. The van der Waals surface area contributed by atoms with E-state index >= 15 is 0 Å². The predicted molar refractivity (Wildman–Crippen MR) is 101 cm³/mol. The highest BCUT2D eigenvalue weighted by Crippen LogP contribution is 2.42. The van der Waals surface area contributed by atoms with Gasteiger partial charge >= 0.3 is 30.4 Å². The highest BCUT2D eigenvalue weighted by molar-refractivity contribution is 7.87. The zero-order valence-electron chi connectivity index (χ0n) is 15.1. The van der Waals surface area contributed by atoms with Crippen LogP contribution in [0.25, 0.3) is 0 Å². The van der Waals surface area contributed by atoms with Crippen LogP contribution in [0.5, 0.6) is 17.2 Å². The van der Waals surface area contributed by atoms with E-state index in [1.165, 1.54) is 44.2 Å². The molecule has 12 heteroatoms. The van der Waals surface area contributed by atoms with Crippen molar-refractivity contribution in [2.24, 2.45) is 0 Å². The molecule has 0 amide bonds. The van der Waals surface area contributed by atoms with Gasteiger partial charge in [0.05, 0.1) is 12.0 Å². The molecule has 0 atom stereocenters. The standard InChI is InChI=1S/C16H18O9S3/c1-4-27(19,20)25-16-14(11-10-12(2)15(16)24-26(3,17)18)23-28(21,22)13-8-6-5-7-9-13/h5-11H,4H2,1-3H3. The molecule has 0 aliphatic carbocycles. The Morgan fingerprint density at radius 2 is 1.39 bits per heavy atom. The minimum absolute atomic E-state index is 0.189. The Hall–Kier alpha value is -2.31. The van der Waals surface area contributed by atoms with Crippen molar-refractivity contribution in [1.29, 1.82) is 0 Å². The van der Waals surface area contributed by atoms with Crippen molar-refractivity contribution in [3.63, 3.8) is 0 Å². The van der Waals surface area contributed by atoms with E-state index in [-0.39, 0.29) is 10.5 Å². The summed E-state index contributed by atoms with van der Waals surface area (Å²) in [6, 6.07) is 9.56. The Kier molecular flexibility index (Phi) is 6.26. The monoisotopic (exact) mass is 450 g/mol. The first-order valence-electron chi connectivity index (χ1n) is 7.79. The molecule has 0 aromatic heterocycles. The van der Waals surface area contributed by atoms with Crippen molar-refractivity contribution in [3.8, 4) is 17.2 Å². The van der Waals surface area contributed by atoms with Crippen LogP contribution in [0.2, 0.25) is 0 Å². The third kappa shape index (κ3) is 5.59. The molecule has 0 radical (unpaired) electrons. The Bertz CT molecular complexity index is 1170. The van der Waals surface area contributed by atoms with Crippen LogP contribution in [0.1, 0.15) is 12.5 Å². The van der Waals surface area contributed by atoms with Crippen LogP contribution in [0.3, 0.4) is 0 Å².